The minimum Gasteiger partial charge on any atom is -0.481 e. The molecule has 9 atom stereocenters. The van der Waals surface area contributed by atoms with Crippen LogP contribution in [0.1, 0.15) is 109 Å². The third-order valence-electron chi connectivity index (χ3n) is 13.0. The van der Waals surface area contributed by atoms with Crippen LogP contribution < -0.4 is 54.4 Å². The molecule has 0 unspecified atom stereocenters. The van der Waals surface area contributed by atoms with Gasteiger partial charge in [-0.05, 0) is 80.9 Å². The molecule has 0 spiro atoms. The lowest BCUT2D eigenvalue weighted by atomic mass is 9.96. The smallest absolute Gasteiger partial charge is 0.326 e. The van der Waals surface area contributed by atoms with Crippen molar-refractivity contribution in [3.63, 3.8) is 0 Å². The van der Waals surface area contributed by atoms with Crippen LogP contribution in [0.15, 0.2) is 60.7 Å². The number of unbranched alkanes of at least 4 members (excludes halogenated alkanes) is 1. The van der Waals surface area contributed by atoms with Crippen molar-refractivity contribution in [2.45, 2.75) is 160 Å². The molecule has 0 bridgehead atoms. The van der Waals surface area contributed by atoms with Crippen LogP contribution >= 0.6 is 0 Å². The molecule has 414 valence electrons. The van der Waals surface area contributed by atoms with E-state index in [9.17, 15) is 53.4 Å². The maximum Gasteiger partial charge on any atom is 0.326 e. The Balaban J connectivity index is 1.96. The van der Waals surface area contributed by atoms with E-state index in [0.29, 0.717) is 62.7 Å². The Labute approximate surface area is 438 Å². The zero-order valence-electron chi connectivity index (χ0n) is 43.6. The van der Waals surface area contributed by atoms with Gasteiger partial charge in [-0.2, -0.15) is 0 Å². The standard InChI is InChI=1S/C52H80N12O11/c1-5-32(4)43(63-48(71)41-22-15-27-64(41)50(73)35(54)20-12-13-25-53)49(72)59-37(23-24-42(65)66)45(68)60-39(30-34-18-10-7-11-19-34)47(70)61-38(29-33-16-8-6-9-17-33)46(69)58-36(21-14-26-57-52(55)56)44(67)62-40(51(74)75)28-31(2)3/h6-11,16-19,31-32,35-41,43H,5,12-15,20-30,53-54H2,1-4H3,(H,58,69)(H,59,72)(H,60,68)(H,61,70)(H,62,67)(H,63,71)(H,65,66)(H,74,75)(H4,55,56,57)/t32-,35-,36-,37-,38-,39-,40-,41-,43-/m0/s1. The van der Waals surface area contributed by atoms with E-state index in [1.54, 1.807) is 88.4 Å². The number of carbonyl (C=O) groups is 9. The lowest BCUT2D eigenvalue weighted by molar-refractivity contribution is -0.143. The zero-order chi connectivity index (χ0) is 55.6. The molecule has 0 aromatic heterocycles. The molecule has 0 aliphatic carbocycles. The fourth-order valence-electron chi connectivity index (χ4n) is 8.60. The molecule has 1 fully saturated rings. The highest BCUT2D eigenvalue weighted by molar-refractivity contribution is 5.98. The van der Waals surface area contributed by atoms with E-state index in [4.69, 9.17) is 22.6 Å². The average Bonchev–Trinajstić information content (AvgIpc) is 3.87. The van der Waals surface area contributed by atoms with Gasteiger partial charge in [0.05, 0.1) is 6.04 Å². The number of guanidine groups is 1. The Kier molecular flexibility index (Phi) is 26.7. The summed E-state index contributed by atoms with van der Waals surface area (Å²) in [5, 5.41) is 45.7. The number of carboxylic acids is 2. The Hall–Kier alpha value is -7.14. The van der Waals surface area contributed by atoms with Gasteiger partial charge in [0.25, 0.3) is 0 Å². The van der Waals surface area contributed by atoms with Crippen LogP contribution in [0.2, 0.25) is 0 Å². The first kappa shape index (κ1) is 62.2. The number of carbonyl (C=O) groups excluding carboxylic acids is 7. The van der Waals surface area contributed by atoms with Crippen LogP contribution in [0.25, 0.3) is 0 Å². The van der Waals surface area contributed by atoms with Crippen molar-refractivity contribution in [3.05, 3.63) is 71.8 Å². The molecule has 23 nitrogen and oxygen atoms in total. The van der Waals surface area contributed by atoms with Gasteiger partial charge in [0, 0.05) is 32.4 Å². The lowest BCUT2D eigenvalue weighted by Gasteiger charge is -2.31. The van der Waals surface area contributed by atoms with E-state index in [1.165, 1.54) is 4.90 Å². The van der Waals surface area contributed by atoms with Crippen molar-refractivity contribution in [2.75, 3.05) is 19.6 Å². The molecule has 2 aromatic carbocycles. The molecular formula is C52H80N12O11. The predicted molar refractivity (Wildman–Crippen MR) is 280 cm³/mol. The topological polar surface area (TPSA) is 383 Å². The largest absolute Gasteiger partial charge is 0.481 e. The second-order valence-corrected chi connectivity index (χ2v) is 19.5. The normalized spacial score (nSPS) is 16.4. The molecule has 0 saturated carbocycles. The third kappa shape index (κ3) is 21.7. The van der Waals surface area contributed by atoms with E-state index in [1.807, 2.05) is 0 Å². The Morgan fingerprint density at radius 3 is 1.68 bits per heavy atom. The number of benzene rings is 2. The first-order valence-electron chi connectivity index (χ1n) is 25.8. The van der Waals surface area contributed by atoms with Crippen molar-refractivity contribution < 1.29 is 53.4 Å². The minimum absolute atomic E-state index is 0.0288. The first-order valence-corrected chi connectivity index (χ1v) is 25.8. The predicted octanol–water partition coefficient (Wildman–Crippen LogP) is 0.133. The van der Waals surface area contributed by atoms with E-state index in [0.717, 1.165) is 0 Å². The molecule has 1 heterocycles. The molecule has 16 N–H and O–H groups in total. The van der Waals surface area contributed by atoms with Crippen molar-refractivity contribution >= 4 is 59.2 Å². The number of aliphatic carboxylic acids is 2. The number of nitrogens with zero attached hydrogens (tertiary/aromatic N) is 1. The summed E-state index contributed by atoms with van der Waals surface area (Å²) in [6.07, 6.45) is 1.96. The van der Waals surface area contributed by atoms with Gasteiger partial charge < -0.3 is 69.5 Å². The number of rotatable bonds is 33. The highest BCUT2D eigenvalue weighted by Gasteiger charge is 2.40. The van der Waals surface area contributed by atoms with Crippen LogP contribution in [-0.2, 0) is 56.0 Å². The van der Waals surface area contributed by atoms with Gasteiger partial charge in [0.2, 0.25) is 41.4 Å². The molecule has 1 saturated heterocycles. The van der Waals surface area contributed by atoms with Crippen LogP contribution in [0.3, 0.4) is 0 Å². The van der Waals surface area contributed by atoms with Crippen molar-refractivity contribution in [1.29, 1.82) is 5.41 Å². The highest BCUT2D eigenvalue weighted by atomic mass is 16.4. The molecular weight excluding hydrogens is 969 g/mol. The highest BCUT2D eigenvalue weighted by Crippen LogP contribution is 2.21. The van der Waals surface area contributed by atoms with Crippen LogP contribution in [-0.4, -0.2) is 142 Å². The van der Waals surface area contributed by atoms with Gasteiger partial charge >= 0.3 is 11.9 Å². The number of likely N-dealkylation sites (tertiary alicyclic amines) is 1. The van der Waals surface area contributed by atoms with Gasteiger partial charge in [0.1, 0.15) is 42.3 Å². The summed E-state index contributed by atoms with van der Waals surface area (Å²) >= 11 is 0. The Morgan fingerprint density at radius 1 is 0.680 bits per heavy atom. The number of nitrogens with two attached hydrogens (primary N) is 3. The summed E-state index contributed by atoms with van der Waals surface area (Å²) in [4.78, 5) is 124. The van der Waals surface area contributed by atoms with Crippen molar-refractivity contribution in [1.82, 2.24) is 42.1 Å². The summed E-state index contributed by atoms with van der Waals surface area (Å²) in [7, 11) is 0. The minimum atomic E-state index is -1.55. The van der Waals surface area contributed by atoms with E-state index < -0.39 is 120 Å². The second kappa shape index (κ2) is 32.2. The summed E-state index contributed by atoms with van der Waals surface area (Å²) in [6, 6.07) is 7.22. The molecule has 7 amide bonds. The molecule has 3 rings (SSSR count). The summed E-state index contributed by atoms with van der Waals surface area (Å²) < 4.78 is 0. The summed E-state index contributed by atoms with van der Waals surface area (Å²) in [5.41, 5.74) is 18.4. The molecule has 23 heteroatoms. The van der Waals surface area contributed by atoms with Gasteiger partial charge in [0.15, 0.2) is 5.96 Å². The SMILES string of the molecule is CC[C@H](C)[C@H](NC(=O)[C@@H]1CCCN1C(=O)[C@@H](N)CCCCN)C(=O)N[C@@H](CCC(=O)O)C(=O)N[C@@H](Cc1ccccc1)C(=O)N[C@@H](Cc1ccccc1)C(=O)N[C@@H](CCCNC(=N)N)C(=O)N[C@@H](CC(C)C)C(=O)O. The first-order chi connectivity index (χ1) is 35.6. The van der Waals surface area contributed by atoms with Gasteiger partial charge in [-0.15, -0.1) is 0 Å². The number of carboxylic acid groups (broad SMARTS) is 2. The van der Waals surface area contributed by atoms with Crippen molar-refractivity contribution in [3.8, 4) is 0 Å². The van der Waals surface area contributed by atoms with E-state index in [-0.39, 0.29) is 50.5 Å². The van der Waals surface area contributed by atoms with Crippen LogP contribution in [0.4, 0.5) is 0 Å². The molecule has 1 aliphatic heterocycles. The van der Waals surface area contributed by atoms with Crippen molar-refractivity contribution in [2.24, 2.45) is 29.0 Å². The third-order valence-corrected chi connectivity index (χ3v) is 13.0. The second-order valence-electron chi connectivity index (χ2n) is 19.5. The maximum atomic E-state index is 14.6. The monoisotopic (exact) mass is 1050 g/mol. The number of amides is 7. The van der Waals surface area contributed by atoms with Gasteiger partial charge in [-0.25, -0.2) is 4.79 Å². The van der Waals surface area contributed by atoms with Gasteiger partial charge in [-0.3, -0.25) is 43.8 Å². The molecule has 0 radical (unpaired) electrons. The Morgan fingerprint density at radius 2 is 1.19 bits per heavy atom. The summed E-state index contributed by atoms with van der Waals surface area (Å²) in [5.74, 6) is -8.72. The Bertz CT molecular complexity index is 2220. The number of nitrogens with one attached hydrogen (secondary N) is 8. The van der Waals surface area contributed by atoms with Crippen LogP contribution in [0, 0.1) is 17.2 Å². The quantitative estimate of drug-likeness (QED) is 0.0257. The lowest BCUT2D eigenvalue weighted by Crippen LogP contribution is -2.61. The number of hydrogen-bond acceptors (Lipinski definition) is 12. The zero-order valence-corrected chi connectivity index (χ0v) is 43.6. The maximum absolute atomic E-state index is 14.6. The summed E-state index contributed by atoms with van der Waals surface area (Å²) in [6.45, 7) is 7.97. The number of hydrogen-bond donors (Lipinski definition) is 13. The van der Waals surface area contributed by atoms with Crippen LogP contribution in [0.5, 0.6) is 0 Å². The molecule has 1 aliphatic rings. The van der Waals surface area contributed by atoms with E-state index >= 15 is 0 Å². The molecule has 2 aromatic rings. The molecule has 75 heavy (non-hydrogen) atoms. The fraction of sp³-hybridized carbons (Fsp3) is 0.577. The van der Waals surface area contributed by atoms with Gasteiger partial charge in [-0.1, -0.05) is 101 Å². The van der Waals surface area contributed by atoms with E-state index in [2.05, 4.69) is 37.2 Å². The average molecular weight is 1050 g/mol. The fourth-order valence-corrected chi connectivity index (χ4v) is 8.60.